The Kier molecular flexibility index (Phi) is 7.93. The van der Waals surface area contributed by atoms with Crippen molar-refractivity contribution in [2.75, 3.05) is 33.3 Å². The summed E-state index contributed by atoms with van der Waals surface area (Å²) in [5, 5.41) is 0.620. The van der Waals surface area contributed by atoms with Gasteiger partial charge in [-0.15, -0.1) is 0 Å². The van der Waals surface area contributed by atoms with Gasteiger partial charge in [0.25, 0.3) is 11.8 Å². The van der Waals surface area contributed by atoms with Gasteiger partial charge >= 0.3 is 0 Å². The van der Waals surface area contributed by atoms with Crippen molar-refractivity contribution in [3.8, 4) is 5.75 Å². The molecule has 0 aliphatic carbocycles. The fourth-order valence-electron chi connectivity index (χ4n) is 3.65. The largest absolute Gasteiger partial charge is 0.497 e. The Morgan fingerprint density at radius 1 is 0.941 bits per heavy atom. The number of carbonyl (C=O) groups is 3. The number of rotatable bonds is 7. The Morgan fingerprint density at radius 3 is 2.03 bits per heavy atom. The Labute approximate surface area is 199 Å². The molecular weight excluding hydrogens is 458 g/mol. The topological polar surface area (TPSA) is 113 Å². The molecule has 9 nitrogen and oxygen atoms in total. The van der Waals surface area contributed by atoms with Crippen LogP contribution in [-0.4, -0.2) is 74.6 Å². The Balaban J connectivity index is 1.88. The second-order valence-corrected chi connectivity index (χ2v) is 10.0. The third-order valence-electron chi connectivity index (χ3n) is 5.75. The van der Waals surface area contributed by atoms with E-state index in [1.165, 1.54) is 36.3 Å². The number of hydrogen-bond donors (Lipinski definition) is 1. The number of carbonyl (C=O) groups excluding carboxylic acids is 3. The van der Waals surface area contributed by atoms with Crippen LogP contribution in [0, 0.1) is 6.92 Å². The second-order valence-electron chi connectivity index (χ2n) is 8.00. The fourth-order valence-corrected chi connectivity index (χ4v) is 5.11. The van der Waals surface area contributed by atoms with Crippen LogP contribution in [0.25, 0.3) is 0 Å². The highest BCUT2D eigenvalue weighted by atomic mass is 32.2. The molecule has 10 heteroatoms. The average molecular weight is 488 g/mol. The second kappa shape index (κ2) is 10.7. The van der Waals surface area contributed by atoms with Gasteiger partial charge in [-0.25, -0.2) is 8.42 Å². The van der Waals surface area contributed by atoms with Crippen LogP contribution in [0.15, 0.2) is 53.4 Å². The first-order valence-electron chi connectivity index (χ1n) is 11.0. The van der Waals surface area contributed by atoms with E-state index in [2.05, 4.69) is 5.32 Å². The van der Waals surface area contributed by atoms with Gasteiger partial charge in [-0.05, 0) is 43.3 Å². The molecule has 0 saturated carbocycles. The molecule has 2 aromatic rings. The van der Waals surface area contributed by atoms with Gasteiger partial charge in [0.2, 0.25) is 21.1 Å². The van der Waals surface area contributed by atoms with Gasteiger partial charge < -0.3 is 19.9 Å². The normalized spacial score (nSPS) is 14.9. The molecule has 2 aromatic carbocycles. The third kappa shape index (κ3) is 5.56. The number of sulfone groups is 1. The predicted molar refractivity (Wildman–Crippen MR) is 126 cm³/mol. The maximum atomic E-state index is 13.5. The molecular formula is C24H29N3O6S. The number of benzene rings is 2. The molecule has 0 radical (unpaired) electrons. The van der Waals surface area contributed by atoms with Gasteiger partial charge in [0.05, 0.1) is 12.0 Å². The van der Waals surface area contributed by atoms with E-state index < -0.39 is 27.0 Å². The first-order valence-corrected chi connectivity index (χ1v) is 12.5. The van der Waals surface area contributed by atoms with Gasteiger partial charge in [-0.2, -0.15) is 0 Å². The van der Waals surface area contributed by atoms with Crippen molar-refractivity contribution in [1.29, 1.82) is 0 Å². The highest BCUT2D eigenvalue weighted by molar-refractivity contribution is 7.92. The first-order chi connectivity index (χ1) is 16.2. The third-order valence-corrected chi connectivity index (χ3v) is 7.61. The minimum absolute atomic E-state index is 0.0243. The summed E-state index contributed by atoms with van der Waals surface area (Å²) in [7, 11) is -2.75. The van der Waals surface area contributed by atoms with E-state index in [0.717, 1.165) is 5.56 Å². The summed E-state index contributed by atoms with van der Waals surface area (Å²) in [5.41, 5.74) is 1.05. The molecule has 182 valence electrons. The molecule has 34 heavy (non-hydrogen) atoms. The van der Waals surface area contributed by atoms with Gasteiger partial charge in [0.1, 0.15) is 5.75 Å². The van der Waals surface area contributed by atoms with Crippen LogP contribution < -0.4 is 10.1 Å². The Bertz CT molecular complexity index is 1140. The number of piperazine rings is 1. The van der Waals surface area contributed by atoms with Gasteiger partial charge in [0, 0.05) is 38.2 Å². The molecule has 3 rings (SSSR count). The maximum Gasteiger partial charge on any atom is 0.261 e. The predicted octanol–water partition coefficient (Wildman–Crippen LogP) is 1.61. The minimum Gasteiger partial charge on any atom is -0.497 e. The van der Waals surface area contributed by atoms with Gasteiger partial charge in [-0.1, -0.05) is 24.6 Å². The van der Waals surface area contributed by atoms with Crippen molar-refractivity contribution < 1.29 is 27.5 Å². The zero-order chi connectivity index (χ0) is 24.9. The van der Waals surface area contributed by atoms with Crippen LogP contribution in [0.2, 0.25) is 0 Å². The molecule has 0 bridgehead atoms. The Hall–Kier alpha value is -3.40. The van der Waals surface area contributed by atoms with E-state index in [1.807, 2.05) is 6.92 Å². The molecule has 1 aliphatic heterocycles. The van der Waals surface area contributed by atoms with Crippen molar-refractivity contribution in [3.63, 3.8) is 0 Å². The minimum atomic E-state index is -4.25. The fraction of sp³-hybridized carbons (Fsp3) is 0.375. The highest BCUT2D eigenvalue weighted by Crippen LogP contribution is 2.20. The molecule has 0 unspecified atom stereocenters. The number of aryl methyl sites for hydroxylation is 1. The maximum absolute atomic E-state index is 13.5. The summed E-state index contributed by atoms with van der Waals surface area (Å²) in [5.74, 6) is -0.915. The monoisotopic (exact) mass is 487 g/mol. The molecule has 0 aromatic heterocycles. The zero-order valence-corrected chi connectivity index (χ0v) is 20.3. The van der Waals surface area contributed by atoms with Crippen molar-refractivity contribution >= 4 is 27.6 Å². The molecule has 3 amide bonds. The summed E-state index contributed by atoms with van der Waals surface area (Å²) in [4.78, 5) is 41.2. The van der Waals surface area contributed by atoms with Crippen molar-refractivity contribution in [3.05, 3.63) is 59.7 Å². The van der Waals surface area contributed by atoms with Crippen molar-refractivity contribution in [1.82, 2.24) is 15.1 Å². The first kappa shape index (κ1) is 25.2. The lowest BCUT2D eigenvalue weighted by Gasteiger charge is -2.36. The molecule has 1 atom stereocenters. The Morgan fingerprint density at radius 2 is 1.50 bits per heavy atom. The van der Waals surface area contributed by atoms with Crippen LogP contribution in [0.1, 0.15) is 29.3 Å². The summed E-state index contributed by atoms with van der Waals surface area (Å²) in [6, 6.07) is 12.2. The molecule has 1 aliphatic rings. The van der Waals surface area contributed by atoms with E-state index in [0.29, 0.717) is 25.3 Å². The van der Waals surface area contributed by atoms with Crippen molar-refractivity contribution in [2.24, 2.45) is 0 Å². The van der Waals surface area contributed by atoms with Crippen LogP contribution >= 0.6 is 0 Å². The smallest absolute Gasteiger partial charge is 0.261 e. The summed E-state index contributed by atoms with van der Waals surface area (Å²) in [6.45, 7) is 4.57. The number of nitrogens with one attached hydrogen (secondary N) is 1. The zero-order valence-electron chi connectivity index (χ0n) is 19.5. The lowest BCUT2D eigenvalue weighted by molar-refractivity contribution is -0.139. The summed E-state index contributed by atoms with van der Waals surface area (Å²) in [6.07, 6.45) is 0.357. The molecule has 0 spiro atoms. The molecule has 1 N–H and O–H groups in total. The number of amides is 3. The van der Waals surface area contributed by atoms with E-state index in [-0.39, 0.29) is 29.5 Å². The van der Waals surface area contributed by atoms with Crippen LogP contribution in [0.3, 0.4) is 0 Å². The van der Waals surface area contributed by atoms with Crippen LogP contribution in [0.4, 0.5) is 0 Å². The van der Waals surface area contributed by atoms with Crippen molar-refractivity contribution in [2.45, 2.75) is 30.5 Å². The lowest BCUT2D eigenvalue weighted by Crippen LogP contribution is -2.57. The lowest BCUT2D eigenvalue weighted by atomic mass is 10.2. The van der Waals surface area contributed by atoms with Gasteiger partial charge in [0.15, 0.2) is 0 Å². The molecule has 1 saturated heterocycles. The molecule has 1 heterocycles. The van der Waals surface area contributed by atoms with E-state index >= 15 is 0 Å². The van der Waals surface area contributed by atoms with Crippen LogP contribution in [-0.2, 0) is 19.4 Å². The average Bonchev–Trinajstić information content (AvgIpc) is 2.86. The molecule has 1 fully saturated rings. The SMILES string of the molecule is CCC(=O)N1CCN(C(=O)[C@H](NC(=O)c2ccc(OC)cc2)S(=O)(=O)c2ccc(C)cc2)CC1. The highest BCUT2D eigenvalue weighted by Gasteiger charge is 2.39. The summed E-state index contributed by atoms with van der Waals surface area (Å²) >= 11 is 0. The standard InChI is InChI=1S/C24H29N3O6S/c1-4-21(28)26-13-15-27(16-14-26)24(30)23(34(31,32)20-11-5-17(2)6-12-20)25-22(29)18-7-9-19(33-3)10-8-18/h5-12,23H,4,13-16H2,1-3H3,(H,25,29)/t23-/m1/s1. The van der Waals surface area contributed by atoms with E-state index in [4.69, 9.17) is 4.74 Å². The van der Waals surface area contributed by atoms with E-state index in [9.17, 15) is 22.8 Å². The number of hydrogen-bond acceptors (Lipinski definition) is 6. The quantitative estimate of drug-likeness (QED) is 0.635. The number of methoxy groups -OCH3 is 1. The van der Waals surface area contributed by atoms with Gasteiger partial charge in [-0.3, -0.25) is 14.4 Å². The van der Waals surface area contributed by atoms with E-state index in [1.54, 1.807) is 36.1 Å². The number of nitrogens with zero attached hydrogens (tertiary/aromatic N) is 2. The van der Waals surface area contributed by atoms with Crippen LogP contribution in [0.5, 0.6) is 5.75 Å². The summed E-state index contributed by atoms with van der Waals surface area (Å²) < 4.78 is 32.0. The number of ether oxygens (including phenoxy) is 1.